The number of carbonyl (C=O) groups is 1. The third kappa shape index (κ3) is 4.22. The number of benzene rings is 2. The van der Waals surface area contributed by atoms with E-state index in [0.29, 0.717) is 27.1 Å². The van der Waals surface area contributed by atoms with Crippen LogP contribution < -0.4 is 10.9 Å². The molecule has 2 aromatic carbocycles. The third-order valence-electron chi connectivity index (χ3n) is 4.67. The van der Waals surface area contributed by atoms with E-state index in [9.17, 15) is 9.59 Å². The monoisotopic (exact) mass is 438 g/mol. The van der Waals surface area contributed by atoms with Gasteiger partial charge in [-0.15, -0.1) is 11.3 Å². The number of nitrogens with zero attached hydrogens (tertiary/aromatic N) is 2. The summed E-state index contributed by atoms with van der Waals surface area (Å²) in [5.41, 5.74) is 4.30. The molecule has 0 aliphatic heterocycles. The quantitative estimate of drug-likeness (QED) is 0.472. The van der Waals surface area contributed by atoms with Crippen LogP contribution in [0, 0.1) is 13.8 Å². The Morgan fingerprint density at radius 1 is 1.20 bits per heavy atom. The fraction of sp³-hybridized carbons (Fsp3) is 0.136. The zero-order valence-electron chi connectivity index (χ0n) is 16.4. The minimum absolute atomic E-state index is 0.0448. The fourth-order valence-electron chi connectivity index (χ4n) is 3.08. The summed E-state index contributed by atoms with van der Waals surface area (Å²) in [6.45, 7) is 3.80. The number of halogens is 1. The van der Waals surface area contributed by atoms with Crippen molar-refractivity contribution in [3.8, 4) is 16.4 Å². The maximum Gasteiger partial charge on any atom is 0.277 e. The van der Waals surface area contributed by atoms with Crippen LogP contribution in [0.5, 0.6) is 0 Å². The molecule has 30 heavy (non-hydrogen) atoms. The second kappa shape index (κ2) is 8.30. The Bertz CT molecular complexity index is 1270. The van der Waals surface area contributed by atoms with Crippen LogP contribution in [0.2, 0.25) is 5.02 Å². The number of nitrogens with one attached hydrogen (secondary N) is 2. The number of aromatic amines is 1. The number of aromatic nitrogens is 3. The van der Waals surface area contributed by atoms with Crippen molar-refractivity contribution in [1.29, 1.82) is 0 Å². The summed E-state index contributed by atoms with van der Waals surface area (Å²) in [5, 5.41) is 8.77. The summed E-state index contributed by atoms with van der Waals surface area (Å²) in [6.07, 6.45) is -0.0448. The van der Waals surface area contributed by atoms with E-state index in [4.69, 9.17) is 11.6 Å². The molecule has 6 nitrogen and oxygen atoms in total. The Hall–Kier alpha value is -3.16. The highest BCUT2D eigenvalue weighted by Gasteiger charge is 2.18. The second-order valence-electron chi connectivity index (χ2n) is 6.97. The van der Waals surface area contributed by atoms with E-state index in [1.807, 2.05) is 36.6 Å². The maximum atomic E-state index is 12.9. The molecule has 0 aliphatic rings. The highest BCUT2D eigenvalue weighted by atomic mass is 35.5. The summed E-state index contributed by atoms with van der Waals surface area (Å²) < 4.78 is 1.39. The zero-order chi connectivity index (χ0) is 21.3. The normalized spacial score (nSPS) is 10.9. The van der Waals surface area contributed by atoms with Crippen molar-refractivity contribution in [3.63, 3.8) is 0 Å². The molecule has 0 radical (unpaired) electrons. The first-order valence-corrected chi connectivity index (χ1v) is 10.6. The van der Waals surface area contributed by atoms with Crippen LogP contribution in [0.15, 0.2) is 58.7 Å². The number of H-pyrrole nitrogens is 1. The third-order valence-corrected chi connectivity index (χ3v) is 5.73. The topological polar surface area (TPSA) is 79.8 Å². The van der Waals surface area contributed by atoms with Gasteiger partial charge in [0.1, 0.15) is 0 Å². The molecule has 0 aliphatic carbocycles. The molecule has 0 atom stereocenters. The number of amides is 1. The molecule has 1 amide bonds. The Labute approximate surface area is 182 Å². The molecular formula is C22H19ClN4O2S. The van der Waals surface area contributed by atoms with E-state index in [-0.39, 0.29) is 17.9 Å². The molecule has 2 heterocycles. The molecule has 2 aromatic heterocycles. The standard InChI is InChI=1S/C22H19ClN4O2S/c1-13-6-8-15(9-7-13)19-12-30-22(25-19)27-21(29)18(14(2)26-27)11-20(28)24-17-5-3-4-16(23)10-17/h3-10,12,26H,11H2,1-2H3,(H,24,28). The van der Waals surface area contributed by atoms with E-state index < -0.39 is 0 Å². The molecule has 0 bridgehead atoms. The van der Waals surface area contributed by atoms with Gasteiger partial charge in [-0.05, 0) is 32.0 Å². The summed E-state index contributed by atoms with van der Waals surface area (Å²) in [7, 11) is 0. The smallest absolute Gasteiger partial charge is 0.277 e. The molecule has 152 valence electrons. The number of anilines is 1. The molecule has 2 N–H and O–H groups in total. The van der Waals surface area contributed by atoms with Crippen molar-refractivity contribution in [1.82, 2.24) is 14.8 Å². The fourth-order valence-corrected chi connectivity index (χ4v) is 4.06. The predicted octanol–water partition coefficient (Wildman–Crippen LogP) is 4.74. The number of aryl methyl sites for hydroxylation is 2. The van der Waals surface area contributed by atoms with Gasteiger partial charge in [0.2, 0.25) is 11.0 Å². The summed E-state index contributed by atoms with van der Waals surface area (Å²) in [4.78, 5) is 29.9. The average molecular weight is 439 g/mol. The first-order valence-electron chi connectivity index (χ1n) is 9.29. The van der Waals surface area contributed by atoms with Gasteiger partial charge in [0.15, 0.2) is 0 Å². The lowest BCUT2D eigenvalue weighted by Crippen LogP contribution is -2.22. The Kier molecular flexibility index (Phi) is 5.57. The zero-order valence-corrected chi connectivity index (χ0v) is 18.0. The van der Waals surface area contributed by atoms with Crippen LogP contribution in [0.25, 0.3) is 16.4 Å². The maximum absolute atomic E-state index is 12.9. The first kappa shape index (κ1) is 20.1. The van der Waals surface area contributed by atoms with Gasteiger partial charge < -0.3 is 5.32 Å². The van der Waals surface area contributed by atoms with E-state index in [2.05, 4.69) is 15.4 Å². The van der Waals surface area contributed by atoms with E-state index in [1.165, 1.54) is 21.6 Å². The molecule has 0 saturated heterocycles. The molecule has 0 fully saturated rings. The van der Waals surface area contributed by atoms with Crippen LogP contribution in [0.1, 0.15) is 16.8 Å². The van der Waals surface area contributed by atoms with Crippen molar-refractivity contribution < 1.29 is 4.79 Å². The van der Waals surface area contributed by atoms with Crippen molar-refractivity contribution in [2.75, 3.05) is 5.32 Å². The van der Waals surface area contributed by atoms with Crippen molar-refractivity contribution in [3.05, 3.63) is 86.1 Å². The van der Waals surface area contributed by atoms with E-state index >= 15 is 0 Å². The number of rotatable bonds is 5. The van der Waals surface area contributed by atoms with E-state index in [1.54, 1.807) is 31.2 Å². The van der Waals surface area contributed by atoms with Crippen LogP contribution >= 0.6 is 22.9 Å². The number of carbonyl (C=O) groups excluding carboxylic acids is 1. The Morgan fingerprint density at radius 2 is 1.97 bits per heavy atom. The molecule has 4 aromatic rings. The molecule has 0 saturated carbocycles. The summed E-state index contributed by atoms with van der Waals surface area (Å²) in [6, 6.07) is 14.9. The molecule has 8 heteroatoms. The van der Waals surface area contributed by atoms with Gasteiger partial charge in [-0.1, -0.05) is 47.5 Å². The van der Waals surface area contributed by atoms with Gasteiger partial charge in [0.05, 0.1) is 12.1 Å². The van der Waals surface area contributed by atoms with Crippen LogP contribution in [-0.2, 0) is 11.2 Å². The molecule has 0 spiro atoms. The van der Waals surface area contributed by atoms with Gasteiger partial charge >= 0.3 is 0 Å². The number of hydrogen-bond donors (Lipinski definition) is 2. The largest absolute Gasteiger partial charge is 0.326 e. The lowest BCUT2D eigenvalue weighted by Gasteiger charge is -2.04. The molecule has 0 unspecified atom stereocenters. The molecule has 4 rings (SSSR count). The minimum atomic E-state index is -0.289. The van der Waals surface area contributed by atoms with Crippen LogP contribution in [0.4, 0.5) is 5.69 Å². The second-order valence-corrected chi connectivity index (χ2v) is 8.25. The van der Waals surface area contributed by atoms with Gasteiger partial charge in [0, 0.05) is 32.9 Å². The van der Waals surface area contributed by atoms with E-state index in [0.717, 1.165) is 11.3 Å². The minimum Gasteiger partial charge on any atom is -0.326 e. The van der Waals surface area contributed by atoms with Gasteiger partial charge in [-0.3, -0.25) is 14.7 Å². The Balaban J connectivity index is 1.56. The predicted molar refractivity (Wildman–Crippen MR) is 121 cm³/mol. The van der Waals surface area contributed by atoms with Crippen molar-refractivity contribution >= 4 is 34.5 Å². The lowest BCUT2D eigenvalue weighted by atomic mass is 10.1. The van der Waals surface area contributed by atoms with Crippen LogP contribution in [-0.4, -0.2) is 20.7 Å². The lowest BCUT2D eigenvalue weighted by molar-refractivity contribution is -0.115. The number of hydrogen-bond acceptors (Lipinski definition) is 4. The highest BCUT2D eigenvalue weighted by molar-refractivity contribution is 7.12. The van der Waals surface area contributed by atoms with Gasteiger partial charge in [-0.25, -0.2) is 4.98 Å². The molecular weight excluding hydrogens is 420 g/mol. The van der Waals surface area contributed by atoms with Gasteiger partial charge in [0.25, 0.3) is 5.56 Å². The first-order chi connectivity index (χ1) is 14.4. The van der Waals surface area contributed by atoms with Crippen molar-refractivity contribution in [2.45, 2.75) is 20.3 Å². The number of thiazole rings is 1. The average Bonchev–Trinajstić information content (AvgIpc) is 3.29. The summed E-state index contributed by atoms with van der Waals surface area (Å²) in [5.74, 6) is -0.289. The van der Waals surface area contributed by atoms with Crippen LogP contribution in [0.3, 0.4) is 0 Å². The summed E-state index contributed by atoms with van der Waals surface area (Å²) >= 11 is 7.31. The van der Waals surface area contributed by atoms with Crippen molar-refractivity contribution in [2.24, 2.45) is 0 Å². The highest BCUT2D eigenvalue weighted by Crippen LogP contribution is 2.24. The van der Waals surface area contributed by atoms with Gasteiger partial charge in [-0.2, -0.15) is 4.68 Å². The SMILES string of the molecule is Cc1ccc(-c2csc(-n3[nH]c(C)c(CC(=O)Nc4cccc(Cl)c4)c3=O)n2)cc1. The Morgan fingerprint density at radius 3 is 2.70 bits per heavy atom.